The zero-order chi connectivity index (χ0) is 21.6. The number of hydrogen-bond donors (Lipinski definition) is 1. The van der Waals surface area contributed by atoms with E-state index in [2.05, 4.69) is 51.6 Å². The highest BCUT2D eigenvalue weighted by atomic mass is 79.9. The Kier molecular flexibility index (Phi) is 5.20. The fourth-order valence-corrected chi connectivity index (χ4v) is 7.47. The molecule has 4 atom stereocenters. The largest absolute Gasteiger partial charge is 0.336 e. The SMILES string of the molecule is CN(CC(=O)Nc1ccccc1Br)C(=O)C12C[C@H]3C[C@@H](C1)CC(c1ccccc1)(C3)C2. The lowest BCUT2D eigenvalue weighted by Crippen LogP contribution is -2.59. The lowest BCUT2D eigenvalue weighted by Gasteiger charge is -2.62. The van der Waals surface area contributed by atoms with Gasteiger partial charge in [-0.3, -0.25) is 9.59 Å². The second kappa shape index (κ2) is 7.77. The number of benzene rings is 2. The van der Waals surface area contributed by atoms with E-state index in [1.165, 1.54) is 24.8 Å². The molecule has 0 aromatic heterocycles. The number of anilines is 1. The number of para-hydroxylation sites is 1. The molecule has 0 saturated heterocycles. The molecule has 0 spiro atoms. The average molecular weight is 481 g/mol. The third kappa shape index (κ3) is 3.71. The fraction of sp³-hybridized carbons (Fsp3) is 0.462. The van der Waals surface area contributed by atoms with Gasteiger partial charge in [0.2, 0.25) is 11.8 Å². The standard InChI is InChI=1S/C26H29BrN2O2/c1-29(16-23(30)28-22-10-6-5-9-21(22)27)24(31)26-14-18-11-19(15-26)13-25(12-18,17-26)20-7-3-2-4-8-20/h2-10,18-19H,11-17H2,1H3,(H,28,30)/t18-,19+,25?,26?. The van der Waals surface area contributed by atoms with E-state index in [-0.39, 0.29) is 29.2 Å². The molecule has 1 N–H and O–H groups in total. The molecule has 2 aromatic carbocycles. The maximum Gasteiger partial charge on any atom is 0.244 e. The van der Waals surface area contributed by atoms with Crippen LogP contribution in [0.4, 0.5) is 5.69 Å². The molecule has 5 heteroatoms. The number of amides is 2. The van der Waals surface area contributed by atoms with Crippen LogP contribution in [0.15, 0.2) is 59.1 Å². The zero-order valence-corrected chi connectivity index (χ0v) is 19.5. The molecule has 0 aliphatic heterocycles. The number of hydrogen-bond acceptors (Lipinski definition) is 2. The Hall–Kier alpha value is -2.14. The predicted molar refractivity (Wildman–Crippen MR) is 126 cm³/mol. The first-order valence-electron chi connectivity index (χ1n) is 11.2. The van der Waals surface area contributed by atoms with Gasteiger partial charge >= 0.3 is 0 Å². The lowest BCUT2D eigenvalue weighted by molar-refractivity contribution is -0.159. The van der Waals surface area contributed by atoms with Crippen LogP contribution in [0.5, 0.6) is 0 Å². The van der Waals surface area contributed by atoms with E-state index >= 15 is 0 Å². The Labute approximate surface area is 192 Å². The highest BCUT2D eigenvalue weighted by Crippen LogP contribution is 2.66. The van der Waals surface area contributed by atoms with Crippen molar-refractivity contribution < 1.29 is 9.59 Å². The molecule has 4 aliphatic carbocycles. The van der Waals surface area contributed by atoms with Gasteiger partial charge < -0.3 is 10.2 Å². The molecule has 0 heterocycles. The monoisotopic (exact) mass is 480 g/mol. The molecule has 2 unspecified atom stereocenters. The van der Waals surface area contributed by atoms with E-state index in [9.17, 15) is 9.59 Å². The van der Waals surface area contributed by atoms with Crippen LogP contribution in [0.1, 0.15) is 44.1 Å². The van der Waals surface area contributed by atoms with Gasteiger partial charge in [0.1, 0.15) is 0 Å². The van der Waals surface area contributed by atoms with Crippen molar-refractivity contribution in [1.29, 1.82) is 0 Å². The summed E-state index contributed by atoms with van der Waals surface area (Å²) in [6, 6.07) is 18.4. The van der Waals surface area contributed by atoms with Crippen molar-refractivity contribution in [2.75, 3.05) is 18.9 Å². The number of rotatable bonds is 5. The van der Waals surface area contributed by atoms with Gasteiger partial charge in [-0.25, -0.2) is 0 Å². The van der Waals surface area contributed by atoms with Crippen molar-refractivity contribution in [2.45, 2.75) is 43.9 Å². The molecule has 4 bridgehead atoms. The van der Waals surface area contributed by atoms with Gasteiger partial charge in [0.25, 0.3) is 0 Å². The van der Waals surface area contributed by atoms with E-state index in [1.807, 2.05) is 24.3 Å². The Morgan fingerprint density at radius 2 is 1.65 bits per heavy atom. The Bertz CT molecular complexity index is 991. The second-order valence-electron chi connectivity index (χ2n) is 10.1. The summed E-state index contributed by atoms with van der Waals surface area (Å²) in [6.07, 6.45) is 6.55. The number of nitrogens with one attached hydrogen (secondary N) is 1. The fourth-order valence-electron chi connectivity index (χ4n) is 7.09. The maximum absolute atomic E-state index is 13.8. The number of likely N-dealkylation sites (N-methyl/N-ethyl adjacent to an activating group) is 1. The number of carbonyl (C=O) groups excluding carboxylic acids is 2. The molecule has 2 aromatic rings. The normalized spacial score (nSPS) is 30.8. The summed E-state index contributed by atoms with van der Waals surface area (Å²) in [7, 11) is 1.79. The van der Waals surface area contributed by atoms with Gasteiger partial charge in [-0.05, 0) is 89.4 Å². The van der Waals surface area contributed by atoms with Crippen LogP contribution in [-0.2, 0) is 15.0 Å². The Morgan fingerprint density at radius 1 is 1.00 bits per heavy atom. The van der Waals surface area contributed by atoms with Gasteiger partial charge in [0.15, 0.2) is 0 Å². The van der Waals surface area contributed by atoms with Crippen LogP contribution in [0.25, 0.3) is 0 Å². The minimum absolute atomic E-state index is 0.0790. The lowest BCUT2D eigenvalue weighted by atomic mass is 9.42. The Morgan fingerprint density at radius 3 is 2.32 bits per heavy atom. The minimum atomic E-state index is -0.317. The van der Waals surface area contributed by atoms with E-state index in [0.717, 1.165) is 29.4 Å². The van der Waals surface area contributed by atoms with Gasteiger partial charge in [-0.1, -0.05) is 42.5 Å². The Balaban J connectivity index is 1.34. The second-order valence-corrected chi connectivity index (χ2v) is 10.9. The van der Waals surface area contributed by atoms with E-state index in [0.29, 0.717) is 11.8 Å². The van der Waals surface area contributed by atoms with Gasteiger partial charge in [0, 0.05) is 11.5 Å². The van der Waals surface area contributed by atoms with Gasteiger partial charge in [0.05, 0.1) is 17.6 Å². The van der Waals surface area contributed by atoms with Crippen molar-refractivity contribution in [3.8, 4) is 0 Å². The molecule has 6 rings (SSSR count). The third-order valence-electron chi connectivity index (χ3n) is 7.78. The predicted octanol–water partition coefficient (Wildman–Crippen LogP) is 5.38. The summed E-state index contributed by atoms with van der Waals surface area (Å²) in [4.78, 5) is 28.1. The summed E-state index contributed by atoms with van der Waals surface area (Å²) in [5.74, 6) is 1.23. The minimum Gasteiger partial charge on any atom is -0.336 e. The van der Waals surface area contributed by atoms with Crippen molar-refractivity contribution in [3.05, 3.63) is 64.6 Å². The molecule has 4 nitrogen and oxygen atoms in total. The van der Waals surface area contributed by atoms with Crippen LogP contribution >= 0.6 is 15.9 Å². The van der Waals surface area contributed by atoms with Gasteiger partial charge in [-0.2, -0.15) is 0 Å². The van der Waals surface area contributed by atoms with Crippen molar-refractivity contribution >= 4 is 33.4 Å². The van der Waals surface area contributed by atoms with E-state index < -0.39 is 0 Å². The number of carbonyl (C=O) groups is 2. The van der Waals surface area contributed by atoms with Gasteiger partial charge in [-0.15, -0.1) is 0 Å². The molecule has 0 radical (unpaired) electrons. The molecular weight excluding hydrogens is 452 g/mol. The van der Waals surface area contributed by atoms with Crippen LogP contribution < -0.4 is 5.32 Å². The first kappa shape index (κ1) is 20.7. The van der Waals surface area contributed by atoms with Crippen LogP contribution in [-0.4, -0.2) is 30.3 Å². The summed E-state index contributed by atoms with van der Waals surface area (Å²) < 4.78 is 0.836. The molecule has 162 valence electrons. The quantitative estimate of drug-likeness (QED) is 0.623. The molecule has 31 heavy (non-hydrogen) atoms. The zero-order valence-electron chi connectivity index (χ0n) is 17.9. The van der Waals surface area contributed by atoms with Crippen LogP contribution in [0.2, 0.25) is 0 Å². The average Bonchev–Trinajstić information content (AvgIpc) is 2.74. The number of halogens is 1. The smallest absolute Gasteiger partial charge is 0.244 e. The summed E-state index contributed by atoms with van der Waals surface area (Å²) in [5.41, 5.74) is 1.93. The van der Waals surface area contributed by atoms with Crippen LogP contribution in [0.3, 0.4) is 0 Å². The summed E-state index contributed by atoms with van der Waals surface area (Å²) >= 11 is 3.46. The third-order valence-corrected chi connectivity index (χ3v) is 8.47. The highest BCUT2D eigenvalue weighted by molar-refractivity contribution is 9.10. The van der Waals surface area contributed by atoms with Crippen LogP contribution in [0, 0.1) is 17.3 Å². The van der Waals surface area contributed by atoms with E-state index in [1.54, 1.807) is 11.9 Å². The van der Waals surface area contributed by atoms with Crippen molar-refractivity contribution in [1.82, 2.24) is 4.90 Å². The maximum atomic E-state index is 13.8. The number of nitrogens with zero attached hydrogens (tertiary/aromatic N) is 1. The molecule has 4 aliphatic rings. The highest BCUT2D eigenvalue weighted by Gasteiger charge is 2.61. The summed E-state index contributed by atoms with van der Waals surface area (Å²) in [5, 5.41) is 2.92. The molecular formula is C26H29BrN2O2. The van der Waals surface area contributed by atoms with Crippen molar-refractivity contribution in [2.24, 2.45) is 17.3 Å². The summed E-state index contributed by atoms with van der Waals surface area (Å²) in [6.45, 7) is 0.0790. The first-order valence-corrected chi connectivity index (χ1v) is 12.0. The molecule has 2 amide bonds. The first-order chi connectivity index (χ1) is 14.9. The topological polar surface area (TPSA) is 49.4 Å². The van der Waals surface area contributed by atoms with E-state index in [4.69, 9.17) is 0 Å². The van der Waals surface area contributed by atoms with Crippen molar-refractivity contribution in [3.63, 3.8) is 0 Å². The molecule has 4 fully saturated rings. The molecule has 4 saturated carbocycles.